The third-order valence-electron chi connectivity index (χ3n) is 5.91. The molecular weight excluding hydrogens is 443 g/mol. The van der Waals surface area contributed by atoms with Crippen LogP contribution in [0.4, 0.5) is 0 Å². The number of fused-ring (bicyclic) bond motifs is 3. The zero-order valence-corrected chi connectivity index (χ0v) is 21.5. The molecule has 2 aromatic rings. The van der Waals surface area contributed by atoms with Crippen LogP contribution < -0.4 is 28.7 Å². The maximum absolute atomic E-state index is 2.49. The van der Waals surface area contributed by atoms with Crippen LogP contribution in [0.15, 0.2) is 66.8 Å². The number of allylic oxidation sites excluding steroid dienone is 4. The summed E-state index contributed by atoms with van der Waals surface area (Å²) in [5, 5.41) is 0. The molecule has 0 N–H and O–H groups in total. The van der Waals surface area contributed by atoms with Crippen LogP contribution in [0.3, 0.4) is 0 Å². The fraction of sp³-hybridized carbons (Fsp3) is 0.370. The molecule has 2 aliphatic carbocycles. The third-order valence-corrected chi connectivity index (χ3v) is 11.0. The average molecular weight is 475 g/mol. The molecule has 2 aromatic carbocycles. The first kappa shape index (κ1) is 25.3. The van der Waals surface area contributed by atoms with E-state index in [1.165, 1.54) is 29.5 Å². The van der Waals surface area contributed by atoms with Gasteiger partial charge in [-0.1, -0.05) is 0 Å². The van der Waals surface area contributed by atoms with E-state index in [0.29, 0.717) is 4.22 Å². The molecule has 158 valence electrons. The van der Waals surface area contributed by atoms with Gasteiger partial charge in [-0.05, 0) is 0 Å². The van der Waals surface area contributed by atoms with Crippen LogP contribution in [0.1, 0.15) is 51.7 Å². The molecule has 3 heteroatoms. The molecule has 0 fully saturated rings. The Balaban J connectivity index is 0.00000160. The van der Waals surface area contributed by atoms with Gasteiger partial charge in [-0.15, -0.1) is 0 Å². The second-order valence-electron chi connectivity index (χ2n) is 9.17. The number of halogens is 2. The van der Waals surface area contributed by atoms with E-state index in [2.05, 4.69) is 94.5 Å². The van der Waals surface area contributed by atoms with Gasteiger partial charge in [0.15, 0.2) is 0 Å². The van der Waals surface area contributed by atoms with Crippen LogP contribution in [-0.4, -0.2) is 3.81 Å². The molecule has 2 aliphatic rings. The van der Waals surface area contributed by atoms with Crippen LogP contribution in [0.25, 0.3) is 11.1 Å². The molecule has 0 atom stereocenters. The predicted octanol–water partition coefficient (Wildman–Crippen LogP) is 0.688. The van der Waals surface area contributed by atoms with E-state index in [-0.39, 0.29) is 24.8 Å². The van der Waals surface area contributed by atoms with Crippen LogP contribution in [0.5, 0.6) is 0 Å². The monoisotopic (exact) mass is 474 g/mol. The van der Waals surface area contributed by atoms with Gasteiger partial charge in [0, 0.05) is 0 Å². The largest absolute Gasteiger partial charge is 1.00 e. The van der Waals surface area contributed by atoms with Gasteiger partial charge >= 0.3 is 177 Å². The van der Waals surface area contributed by atoms with Gasteiger partial charge < -0.3 is 24.8 Å². The summed E-state index contributed by atoms with van der Waals surface area (Å²) < 4.78 is 4.28. The Hall–Kier alpha value is -0.916. The summed E-state index contributed by atoms with van der Waals surface area (Å²) in [6.45, 7) is 9.56. The van der Waals surface area contributed by atoms with Gasteiger partial charge in [-0.3, -0.25) is 0 Å². The molecule has 0 amide bonds. The summed E-state index contributed by atoms with van der Waals surface area (Å²) in [6.07, 6.45) is 13.2. The number of hydrogen-bond donors (Lipinski definition) is 0. The van der Waals surface area contributed by atoms with Crippen LogP contribution in [0, 0.1) is 11.8 Å². The molecule has 0 bridgehead atoms. The molecule has 0 aliphatic heterocycles. The second-order valence-corrected chi connectivity index (χ2v) is 13.5. The number of hydrogen-bond acceptors (Lipinski definition) is 0. The van der Waals surface area contributed by atoms with Crippen molar-refractivity contribution < 1.29 is 42.2 Å². The smallest absolute Gasteiger partial charge is 1.00 e. The summed E-state index contributed by atoms with van der Waals surface area (Å²) in [7, 11) is 0. The number of benzene rings is 2. The van der Waals surface area contributed by atoms with Gasteiger partial charge in [0.25, 0.3) is 0 Å². The van der Waals surface area contributed by atoms with Gasteiger partial charge in [-0.25, -0.2) is 0 Å². The Morgan fingerprint density at radius 1 is 0.833 bits per heavy atom. The SMILES string of the molecule is CC(C)C[C](CC(C)C)=[Ti+2]([c]1cccc2c1Cc1ccccc1-2)[CH]1C=CC=C1.[Cl-].[Cl-]. The molecule has 30 heavy (non-hydrogen) atoms. The molecule has 0 nitrogen and oxygen atoms in total. The average Bonchev–Trinajstić information content (AvgIpc) is 3.29. The standard InChI is InChI=1S/C13H9.C9H18.C5H5.2ClH.Ti/c1-3-7-12-10(5-1)9-11-6-2-4-8-13(11)12;1-8(2)6-5-7-9(3)4;1-2-4-5-3-1;;;/h1-5,7-8H,9H2;8-9H,6-7H2,1-4H3;1-5H;2*1H;/q;;;;;+2/p-2. The molecule has 0 spiro atoms. The van der Waals surface area contributed by atoms with E-state index in [9.17, 15) is 0 Å². The third kappa shape index (κ3) is 5.28. The normalized spacial score (nSPS) is 13.5. The zero-order chi connectivity index (χ0) is 19.7. The van der Waals surface area contributed by atoms with Crippen LogP contribution >= 0.6 is 0 Å². The van der Waals surface area contributed by atoms with Gasteiger partial charge in [0.05, 0.1) is 0 Å². The van der Waals surface area contributed by atoms with Crippen LogP contribution in [-0.2, 0) is 23.8 Å². The Morgan fingerprint density at radius 3 is 2.07 bits per heavy atom. The summed E-state index contributed by atoms with van der Waals surface area (Å²) in [6, 6.07) is 16.2. The van der Waals surface area contributed by atoms with E-state index >= 15 is 0 Å². The van der Waals surface area contributed by atoms with Crippen molar-refractivity contribution in [3.63, 3.8) is 0 Å². The Morgan fingerprint density at radius 2 is 1.43 bits per heavy atom. The van der Waals surface area contributed by atoms with Gasteiger partial charge in [-0.2, -0.15) is 0 Å². The maximum Gasteiger partial charge on any atom is -1.00 e. The quantitative estimate of drug-likeness (QED) is 0.461. The molecule has 0 unspecified atom stereocenters. The van der Waals surface area contributed by atoms with Crippen molar-refractivity contribution in [3.05, 3.63) is 77.9 Å². The molecule has 0 aromatic heterocycles. The topological polar surface area (TPSA) is 0 Å². The molecule has 4 rings (SSSR count). The fourth-order valence-electron chi connectivity index (χ4n) is 4.93. The second kappa shape index (κ2) is 11.1. The summed E-state index contributed by atoms with van der Waals surface area (Å²) >= 11 is -1.66. The zero-order valence-electron chi connectivity index (χ0n) is 18.5. The molecule has 0 saturated carbocycles. The molecule has 0 heterocycles. The van der Waals surface area contributed by atoms with E-state index in [4.69, 9.17) is 0 Å². The van der Waals surface area contributed by atoms with Crippen LogP contribution in [0.2, 0.25) is 4.22 Å². The first-order chi connectivity index (χ1) is 13.5. The predicted molar refractivity (Wildman–Crippen MR) is 120 cm³/mol. The van der Waals surface area contributed by atoms with Crippen molar-refractivity contribution in [2.75, 3.05) is 0 Å². The van der Waals surface area contributed by atoms with Crippen molar-refractivity contribution in [3.8, 4) is 11.1 Å². The molecule has 0 saturated heterocycles. The summed E-state index contributed by atoms with van der Waals surface area (Å²) in [4.78, 5) is 0. The Bertz CT molecular complexity index is 943. The van der Waals surface area contributed by atoms with Crippen molar-refractivity contribution in [2.24, 2.45) is 11.8 Å². The van der Waals surface area contributed by atoms with Crippen molar-refractivity contribution >= 4 is 7.68 Å². The minimum absolute atomic E-state index is 0. The molecular formula is C27H32Cl2Ti. The van der Waals surface area contributed by atoms with Crippen molar-refractivity contribution in [2.45, 2.75) is 51.2 Å². The first-order valence-corrected chi connectivity index (χ1v) is 13.3. The van der Waals surface area contributed by atoms with E-state index in [0.717, 1.165) is 18.3 Å². The van der Waals surface area contributed by atoms with Gasteiger partial charge in [0.2, 0.25) is 0 Å². The van der Waals surface area contributed by atoms with Crippen molar-refractivity contribution in [1.29, 1.82) is 0 Å². The Kier molecular flexibility index (Phi) is 9.38. The summed E-state index contributed by atoms with van der Waals surface area (Å²) in [5.74, 6) is 1.47. The van der Waals surface area contributed by atoms with E-state index < -0.39 is 17.4 Å². The fourth-order valence-corrected chi connectivity index (χ4v) is 11.0. The van der Waals surface area contributed by atoms with E-state index in [1.807, 2.05) is 3.81 Å². The minimum Gasteiger partial charge on any atom is -1.00 e. The summed E-state index contributed by atoms with van der Waals surface area (Å²) in [5.41, 5.74) is 6.10. The first-order valence-electron chi connectivity index (χ1n) is 10.8. The van der Waals surface area contributed by atoms with E-state index in [1.54, 1.807) is 9.43 Å². The number of rotatable bonds is 6. The van der Waals surface area contributed by atoms with Crippen molar-refractivity contribution in [1.82, 2.24) is 0 Å². The molecule has 0 radical (unpaired) electrons. The van der Waals surface area contributed by atoms with Gasteiger partial charge in [0.1, 0.15) is 0 Å². The Labute approximate surface area is 201 Å². The minimum atomic E-state index is -1.66. The maximum atomic E-state index is 2.49.